The minimum Gasteiger partial charge on any atom is -0.324 e. The number of Topliss-reactive ketones (excluding diaryl/α,β-unsaturated/α-hetero) is 1. The third kappa shape index (κ3) is 1.70. The van der Waals surface area contributed by atoms with Crippen LogP contribution in [0.4, 0.5) is 0 Å². The lowest BCUT2D eigenvalue weighted by Crippen LogP contribution is -2.12. The Morgan fingerprint density at radius 1 is 1.57 bits per heavy atom. The van der Waals surface area contributed by atoms with Gasteiger partial charge >= 0.3 is 0 Å². The number of aromatic nitrogens is 1. The van der Waals surface area contributed by atoms with Crippen molar-refractivity contribution in [3.8, 4) is 0 Å². The third-order valence-electron chi connectivity index (χ3n) is 1.77. The van der Waals surface area contributed by atoms with Crippen LogP contribution in [-0.4, -0.2) is 17.3 Å². The lowest BCUT2D eigenvalue weighted by molar-refractivity contribution is 0.100. The molecule has 1 aromatic heterocycles. The van der Waals surface area contributed by atoms with Crippen LogP contribution in [-0.2, 0) is 0 Å². The average Bonchev–Trinajstić information content (AvgIpc) is 2.59. The van der Waals surface area contributed by atoms with Crippen molar-refractivity contribution in [1.29, 1.82) is 0 Å². The number of hydrogen-bond acceptors (Lipinski definition) is 4. The van der Waals surface area contributed by atoms with Gasteiger partial charge < -0.3 is 5.73 Å². The predicted molar refractivity (Wildman–Crippen MR) is 60.7 cm³/mol. The van der Waals surface area contributed by atoms with Crippen molar-refractivity contribution in [2.45, 2.75) is 0 Å². The number of fused-ring (bicyclic) bond motifs is 1. The summed E-state index contributed by atoms with van der Waals surface area (Å²) in [6.45, 7) is 0.0149. The van der Waals surface area contributed by atoms with E-state index in [9.17, 15) is 4.79 Å². The van der Waals surface area contributed by atoms with E-state index in [0.717, 1.165) is 14.7 Å². The number of ketones is 1. The molecule has 0 bridgehead atoms. The molecule has 0 radical (unpaired) electrons. The van der Waals surface area contributed by atoms with Crippen LogP contribution in [0.5, 0.6) is 0 Å². The van der Waals surface area contributed by atoms with Crippen LogP contribution >= 0.6 is 27.3 Å². The van der Waals surface area contributed by atoms with Gasteiger partial charge in [0.05, 0.1) is 16.8 Å². The molecule has 0 unspecified atom stereocenters. The summed E-state index contributed by atoms with van der Waals surface area (Å²) >= 11 is 4.73. The lowest BCUT2D eigenvalue weighted by atomic mass is 10.3. The Balaban J connectivity index is 2.56. The number of carbonyl (C=O) groups is 1. The van der Waals surface area contributed by atoms with Gasteiger partial charge in [0.15, 0.2) is 5.01 Å². The van der Waals surface area contributed by atoms with Crippen molar-refractivity contribution in [1.82, 2.24) is 4.98 Å². The largest absolute Gasteiger partial charge is 0.324 e. The fraction of sp³-hybridized carbons (Fsp3) is 0.111. The van der Waals surface area contributed by atoms with Crippen LogP contribution in [0.1, 0.15) is 9.80 Å². The highest BCUT2D eigenvalue weighted by atomic mass is 79.9. The molecule has 0 fully saturated rings. The van der Waals surface area contributed by atoms with E-state index in [1.807, 2.05) is 18.2 Å². The van der Waals surface area contributed by atoms with E-state index in [2.05, 4.69) is 20.9 Å². The van der Waals surface area contributed by atoms with Gasteiger partial charge in [-0.3, -0.25) is 4.79 Å². The van der Waals surface area contributed by atoms with E-state index in [-0.39, 0.29) is 12.3 Å². The van der Waals surface area contributed by atoms with Gasteiger partial charge in [0.2, 0.25) is 5.78 Å². The Morgan fingerprint density at radius 3 is 3.07 bits per heavy atom. The minimum absolute atomic E-state index is 0.0149. The van der Waals surface area contributed by atoms with Crippen molar-refractivity contribution >= 4 is 43.3 Å². The summed E-state index contributed by atoms with van der Waals surface area (Å²) in [5, 5.41) is 0.487. The number of hydrogen-bond donors (Lipinski definition) is 1. The van der Waals surface area contributed by atoms with E-state index in [1.54, 1.807) is 0 Å². The molecule has 0 aliphatic carbocycles. The van der Waals surface area contributed by atoms with Crippen molar-refractivity contribution in [2.24, 2.45) is 5.73 Å². The number of rotatable bonds is 2. The third-order valence-corrected chi connectivity index (χ3v) is 3.34. The van der Waals surface area contributed by atoms with E-state index < -0.39 is 0 Å². The maximum atomic E-state index is 11.3. The van der Waals surface area contributed by atoms with E-state index in [4.69, 9.17) is 5.73 Å². The molecule has 14 heavy (non-hydrogen) atoms. The summed E-state index contributed by atoms with van der Waals surface area (Å²) in [6.07, 6.45) is 0. The van der Waals surface area contributed by atoms with Crippen molar-refractivity contribution in [3.05, 3.63) is 27.7 Å². The summed E-state index contributed by atoms with van der Waals surface area (Å²) < 4.78 is 1.96. The Morgan fingerprint density at radius 2 is 2.36 bits per heavy atom. The van der Waals surface area contributed by atoms with Crippen molar-refractivity contribution in [3.63, 3.8) is 0 Å². The van der Waals surface area contributed by atoms with E-state index in [1.165, 1.54) is 11.3 Å². The normalized spacial score (nSPS) is 10.7. The molecule has 1 heterocycles. The molecule has 0 atom stereocenters. The van der Waals surface area contributed by atoms with Gasteiger partial charge in [-0.2, -0.15) is 0 Å². The molecule has 0 saturated heterocycles. The average molecular weight is 271 g/mol. The van der Waals surface area contributed by atoms with E-state index >= 15 is 0 Å². The summed E-state index contributed by atoms with van der Waals surface area (Å²) in [6, 6.07) is 5.75. The molecule has 5 heteroatoms. The Kier molecular flexibility index (Phi) is 2.62. The number of benzene rings is 1. The molecular formula is C9H7BrN2OS. The first-order valence-corrected chi connectivity index (χ1v) is 5.61. The quantitative estimate of drug-likeness (QED) is 0.852. The van der Waals surface area contributed by atoms with Gasteiger partial charge in [0, 0.05) is 4.47 Å². The summed E-state index contributed by atoms with van der Waals surface area (Å²) in [4.78, 5) is 15.5. The highest BCUT2D eigenvalue weighted by molar-refractivity contribution is 9.10. The Hall–Kier alpha value is -0.780. The van der Waals surface area contributed by atoms with Crippen molar-refractivity contribution < 1.29 is 4.79 Å². The van der Waals surface area contributed by atoms with Gasteiger partial charge in [-0.25, -0.2) is 4.98 Å². The standard InChI is InChI=1S/C9H7BrN2OS/c10-5-1-2-8-6(3-5)12-9(14-8)7(13)4-11/h1-3H,4,11H2. The first-order chi connectivity index (χ1) is 6.70. The number of nitrogens with two attached hydrogens (primary N) is 1. The molecule has 0 aliphatic rings. The van der Waals surface area contributed by atoms with Gasteiger partial charge in [-0.05, 0) is 18.2 Å². The number of halogens is 1. The predicted octanol–water partition coefficient (Wildman–Crippen LogP) is 2.20. The monoisotopic (exact) mass is 270 g/mol. The Labute approximate surface area is 93.1 Å². The minimum atomic E-state index is -0.109. The first kappa shape index (κ1) is 9.76. The fourth-order valence-corrected chi connectivity index (χ4v) is 2.35. The molecule has 2 N–H and O–H groups in total. The molecule has 0 spiro atoms. The van der Waals surface area contributed by atoms with Gasteiger partial charge in [-0.1, -0.05) is 15.9 Å². The van der Waals surface area contributed by atoms with Crippen LogP contribution in [0.2, 0.25) is 0 Å². The Bertz CT molecular complexity index is 495. The molecule has 2 aromatic rings. The zero-order valence-corrected chi connectivity index (χ0v) is 9.56. The summed E-state index contributed by atoms with van der Waals surface area (Å²) in [7, 11) is 0. The second kappa shape index (κ2) is 3.76. The zero-order valence-electron chi connectivity index (χ0n) is 7.16. The maximum Gasteiger partial charge on any atom is 0.204 e. The molecule has 2 rings (SSSR count). The lowest BCUT2D eigenvalue weighted by Gasteiger charge is -1.87. The number of thiazole rings is 1. The summed E-state index contributed by atoms with van der Waals surface area (Å²) in [5.41, 5.74) is 6.10. The maximum absolute atomic E-state index is 11.3. The molecule has 0 saturated carbocycles. The van der Waals surface area contributed by atoms with Crippen LogP contribution in [0.15, 0.2) is 22.7 Å². The smallest absolute Gasteiger partial charge is 0.204 e. The van der Waals surface area contributed by atoms with Crippen LogP contribution in [0.3, 0.4) is 0 Å². The fourth-order valence-electron chi connectivity index (χ4n) is 1.11. The van der Waals surface area contributed by atoms with Crippen LogP contribution < -0.4 is 5.73 Å². The number of carbonyl (C=O) groups excluding carboxylic acids is 1. The molecular weight excluding hydrogens is 264 g/mol. The first-order valence-electron chi connectivity index (χ1n) is 4.00. The molecule has 0 aliphatic heterocycles. The summed E-state index contributed by atoms with van der Waals surface area (Å²) in [5.74, 6) is -0.109. The number of nitrogens with zero attached hydrogens (tertiary/aromatic N) is 1. The molecule has 3 nitrogen and oxygen atoms in total. The van der Waals surface area contributed by atoms with Gasteiger partial charge in [-0.15, -0.1) is 11.3 Å². The van der Waals surface area contributed by atoms with Crippen LogP contribution in [0.25, 0.3) is 10.2 Å². The van der Waals surface area contributed by atoms with Crippen molar-refractivity contribution in [2.75, 3.05) is 6.54 Å². The van der Waals surface area contributed by atoms with Gasteiger partial charge in [0.1, 0.15) is 0 Å². The molecule has 0 amide bonds. The second-order valence-electron chi connectivity index (χ2n) is 2.76. The van der Waals surface area contributed by atoms with Crippen LogP contribution in [0, 0.1) is 0 Å². The second-order valence-corrected chi connectivity index (χ2v) is 4.70. The van der Waals surface area contributed by atoms with E-state index in [0.29, 0.717) is 5.01 Å². The highest BCUT2D eigenvalue weighted by Gasteiger charge is 2.10. The SMILES string of the molecule is NCC(=O)c1nc2cc(Br)ccc2s1. The highest BCUT2D eigenvalue weighted by Crippen LogP contribution is 2.25. The molecule has 1 aromatic carbocycles. The van der Waals surface area contributed by atoms with Gasteiger partial charge in [0.25, 0.3) is 0 Å². The molecule has 72 valence electrons. The zero-order chi connectivity index (χ0) is 10.1. The topological polar surface area (TPSA) is 56.0 Å².